The number of ether oxygens (including phenoxy) is 2. The highest BCUT2D eigenvalue weighted by Crippen LogP contribution is 2.37. The number of aldehydes is 1. The standard InChI is InChI=1S/C21H21NO3S/c1-24-19-9-8-16(11-20(19)25-17-4-2-3-5-17)22-12-15-7-6-14(13-23)10-18(15)21(22)26/h6-11,13,17H,2-5,12H2,1H3. The first-order valence-electron chi connectivity index (χ1n) is 8.94. The molecule has 1 saturated carbocycles. The van der Waals surface area contributed by atoms with Crippen molar-refractivity contribution in [2.45, 2.75) is 38.3 Å². The molecule has 2 aromatic rings. The van der Waals surface area contributed by atoms with Gasteiger partial charge >= 0.3 is 0 Å². The number of methoxy groups -OCH3 is 1. The largest absolute Gasteiger partial charge is 0.493 e. The van der Waals surface area contributed by atoms with Gasteiger partial charge in [-0.3, -0.25) is 4.79 Å². The highest BCUT2D eigenvalue weighted by molar-refractivity contribution is 7.81. The monoisotopic (exact) mass is 367 g/mol. The zero-order valence-electron chi connectivity index (χ0n) is 14.7. The van der Waals surface area contributed by atoms with Crippen LogP contribution in [0.4, 0.5) is 5.69 Å². The Morgan fingerprint density at radius 1 is 1.12 bits per heavy atom. The molecule has 2 aliphatic rings. The minimum absolute atomic E-state index is 0.261. The van der Waals surface area contributed by atoms with Gasteiger partial charge in [-0.1, -0.05) is 24.4 Å². The number of hydrogen-bond donors (Lipinski definition) is 0. The van der Waals surface area contributed by atoms with E-state index < -0.39 is 0 Å². The van der Waals surface area contributed by atoms with Crippen LogP contribution < -0.4 is 14.4 Å². The van der Waals surface area contributed by atoms with Gasteiger partial charge in [-0.05, 0) is 49.4 Å². The van der Waals surface area contributed by atoms with Crippen molar-refractivity contribution in [3.63, 3.8) is 0 Å². The first-order chi connectivity index (χ1) is 12.7. The molecule has 0 aromatic heterocycles. The highest BCUT2D eigenvalue weighted by atomic mass is 32.1. The maximum atomic E-state index is 11.1. The van der Waals surface area contributed by atoms with Crippen molar-refractivity contribution in [3.05, 3.63) is 53.1 Å². The van der Waals surface area contributed by atoms with Crippen LogP contribution in [0.25, 0.3) is 0 Å². The fourth-order valence-electron chi connectivity index (χ4n) is 3.71. The van der Waals surface area contributed by atoms with Gasteiger partial charge in [0, 0.05) is 29.4 Å². The van der Waals surface area contributed by atoms with E-state index in [2.05, 4.69) is 4.90 Å². The molecule has 1 aliphatic carbocycles. The van der Waals surface area contributed by atoms with Gasteiger partial charge in [-0.15, -0.1) is 0 Å². The van der Waals surface area contributed by atoms with Crippen LogP contribution in [0.2, 0.25) is 0 Å². The predicted molar refractivity (Wildman–Crippen MR) is 106 cm³/mol. The molecule has 26 heavy (non-hydrogen) atoms. The number of nitrogens with zero attached hydrogens (tertiary/aromatic N) is 1. The van der Waals surface area contributed by atoms with Gasteiger partial charge in [-0.2, -0.15) is 0 Å². The number of benzene rings is 2. The quantitative estimate of drug-likeness (QED) is 0.574. The fourth-order valence-corrected chi connectivity index (χ4v) is 4.07. The molecule has 4 rings (SSSR count). The summed E-state index contributed by atoms with van der Waals surface area (Å²) in [6.07, 6.45) is 5.74. The number of hydrogen-bond acceptors (Lipinski definition) is 4. The van der Waals surface area contributed by atoms with Crippen molar-refractivity contribution in [2.75, 3.05) is 12.0 Å². The lowest BCUT2D eigenvalue weighted by atomic mass is 10.1. The number of carbonyl (C=O) groups is 1. The number of fused-ring (bicyclic) bond motifs is 1. The molecule has 0 unspecified atom stereocenters. The molecule has 0 amide bonds. The van der Waals surface area contributed by atoms with Crippen LogP contribution in [0.15, 0.2) is 36.4 Å². The van der Waals surface area contributed by atoms with Crippen LogP contribution >= 0.6 is 12.2 Å². The molecule has 1 fully saturated rings. The molecular formula is C21H21NO3S. The summed E-state index contributed by atoms with van der Waals surface area (Å²) >= 11 is 5.67. The first-order valence-corrected chi connectivity index (χ1v) is 9.35. The van der Waals surface area contributed by atoms with Gasteiger partial charge in [0.05, 0.1) is 13.2 Å². The van der Waals surface area contributed by atoms with Crippen molar-refractivity contribution in [1.82, 2.24) is 0 Å². The minimum Gasteiger partial charge on any atom is -0.493 e. The summed E-state index contributed by atoms with van der Waals surface area (Å²) < 4.78 is 11.7. The van der Waals surface area contributed by atoms with Crippen LogP contribution in [0.5, 0.6) is 11.5 Å². The third-order valence-electron chi connectivity index (χ3n) is 5.13. The Hall–Kier alpha value is -2.40. The van der Waals surface area contributed by atoms with Gasteiger partial charge in [0.1, 0.15) is 11.3 Å². The molecule has 0 saturated heterocycles. The Morgan fingerprint density at radius 2 is 1.92 bits per heavy atom. The zero-order valence-corrected chi connectivity index (χ0v) is 15.6. The van der Waals surface area contributed by atoms with E-state index in [1.807, 2.05) is 36.4 Å². The third kappa shape index (κ3) is 3.07. The summed E-state index contributed by atoms with van der Waals surface area (Å²) in [7, 11) is 1.66. The van der Waals surface area contributed by atoms with Crippen LogP contribution in [-0.4, -0.2) is 24.5 Å². The second kappa shape index (κ2) is 7.08. The van der Waals surface area contributed by atoms with Crippen LogP contribution in [0.1, 0.15) is 47.2 Å². The third-order valence-corrected chi connectivity index (χ3v) is 5.57. The Balaban J connectivity index is 1.63. The SMILES string of the molecule is COc1ccc(N2Cc3ccc(C=O)cc3C2=S)cc1OC1CCCC1. The van der Waals surface area contributed by atoms with Crippen molar-refractivity contribution in [3.8, 4) is 11.5 Å². The summed E-state index contributed by atoms with van der Waals surface area (Å²) in [6.45, 7) is 0.697. The topological polar surface area (TPSA) is 38.8 Å². The predicted octanol–water partition coefficient (Wildman–Crippen LogP) is 4.52. The van der Waals surface area contributed by atoms with Crippen LogP contribution in [-0.2, 0) is 6.54 Å². The van der Waals surface area contributed by atoms with E-state index in [1.54, 1.807) is 7.11 Å². The first kappa shape index (κ1) is 17.0. The van der Waals surface area contributed by atoms with Gasteiger partial charge in [-0.25, -0.2) is 0 Å². The van der Waals surface area contributed by atoms with Crippen LogP contribution in [0.3, 0.4) is 0 Å². The Bertz CT molecular complexity index is 858. The number of rotatable bonds is 5. The molecule has 1 aliphatic heterocycles. The van der Waals surface area contributed by atoms with Gasteiger partial charge in [0.25, 0.3) is 0 Å². The van der Waals surface area contributed by atoms with Crippen molar-refractivity contribution in [1.29, 1.82) is 0 Å². The average Bonchev–Trinajstić information content (AvgIpc) is 3.29. The summed E-state index contributed by atoms with van der Waals surface area (Å²) in [5.41, 5.74) is 3.72. The van der Waals surface area contributed by atoms with E-state index in [0.717, 1.165) is 52.4 Å². The summed E-state index contributed by atoms with van der Waals surface area (Å²) in [5, 5.41) is 0. The lowest BCUT2D eigenvalue weighted by Crippen LogP contribution is -2.22. The molecule has 0 radical (unpaired) electrons. The van der Waals surface area contributed by atoms with E-state index in [1.165, 1.54) is 12.8 Å². The van der Waals surface area contributed by atoms with E-state index in [9.17, 15) is 4.79 Å². The second-order valence-electron chi connectivity index (χ2n) is 6.79. The molecule has 0 atom stereocenters. The Morgan fingerprint density at radius 3 is 2.65 bits per heavy atom. The van der Waals surface area contributed by atoms with Gasteiger partial charge < -0.3 is 14.4 Å². The maximum absolute atomic E-state index is 11.1. The maximum Gasteiger partial charge on any atom is 0.163 e. The Kier molecular flexibility index (Phi) is 4.64. The molecule has 5 heteroatoms. The number of thiocarbonyl (C=S) groups is 1. The average molecular weight is 367 g/mol. The van der Waals surface area contributed by atoms with E-state index in [4.69, 9.17) is 21.7 Å². The van der Waals surface area contributed by atoms with Gasteiger partial charge in [0.2, 0.25) is 0 Å². The van der Waals surface area contributed by atoms with Crippen molar-refractivity contribution in [2.24, 2.45) is 0 Å². The van der Waals surface area contributed by atoms with Crippen LogP contribution in [0, 0.1) is 0 Å². The molecule has 4 nitrogen and oxygen atoms in total. The summed E-state index contributed by atoms with van der Waals surface area (Å²) in [6, 6.07) is 11.6. The highest BCUT2D eigenvalue weighted by Gasteiger charge is 2.27. The summed E-state index contributed by atoms with van der Waals surface area (Å²) in [5.74, 6) is 1.51. The molecule has 0 spiro atoms. The van der Waals surface area contributed by atoms with Gasteiger partial charge in [0.15, 0.2) is 11.5 Å². The second-order valence-corrected chi connectivity index (χ2v) is 7.17. The summed E-state index contributed by atoms with van der Waals surface area (Å²) in [4.78, 5) is 13.9. The molecular weight excluding hydrogens is 346 g/mol. The van der Waals surface area contributed by atoms with E-state index in [0.29, 0.717) is 12.1 Å². The fraction of sp³-hybridized carbons (Fsp3) is 0.333. The molecule has 2 aromatic carbocycles. The number of carbonyl (C=O) groups excluding carboxylic acids is 1. The molecule has 134 valence electrons. The zero-order chi connectivity index (χ0) is 18.1. The van der Waals surface area contributed by atoms with Crippen molar-refractivity contribution < 1.29 is 14.3 Å². The molecule has 1 heterocycles. The lowest BCUT2D eigenvalue weighted by molar-refractivity contribution is 0.112. The minimum atomic E-state index is 0.261. The smallest absolute Gasteiger partial charge is 0.163 e. The molecule has 0 N–H and O–H groups in total. The van der Waals surface area contributed by atoms with E-state index in [-0.39, 0.29) is 6.10 Å². The lowest BCUT2D eigenvalue weighted by Gasteiger charge is -2.22. The Labute approximate surface area is 158 Å². The molecule has 0 bridgehead atoms. The number of anilines is 1. The van der Waals surface area contributed by atoms with E-state index >= 15 is 0 Å². The normalized spacial score (nSPS) is 16.7. The van der Waals surface area contributed by atoms with Crippen molar-refractivity contribution >= 4 is 29.2 Å².